The highest BCUT2D eigenvalue weighted by Crippen LogP contribution is 2.35. The van der Waals surface area contributed by atoms with Gasteiger partial charge >= 0.3 is 0 Å². The molecule has 0 saturated heterocycles. The first-order valence-corrected chi connectivity index (χ1v) is 12.1. The molecule has 0 unspecified atom stereocenters. The van der Waals surface area contributed by atoms with E-state index in [4.69, 9.17) is 0 Å². The average Bonchev–Trinajstić information content (AvgIpc) is 2.82. The van der Waals surface area contributed by atoms with Crippen LogP contribution >= 0.6 is 17.0 Å². The SMILES string of the molecule is Br.Cc1ccc(N(c2ccc(C)cc2)c2ccc(-c3cc[n+](CCC[N+](C)(C)C)cc3)cc2)cc1. The first-order chi connectivity index (χ1) is 16.3. The standard InChI is InChI=1S/C31H37N3.BrH/c1-25-7-13-29(14-8-25)33(30-15-9-26(2)10-16-30)31-17-11-27(12-18-31)28-19-22-32(23-20-28)21-6-24-34(3,4)5;/h7-20,22-23H,6,21,24H2,1-5H3;1H/q+2;. The summed E-state index contributed by atoms with van der Waals surface area (Å²) in [6, 6.07) is 30.8. The third kappa shape index (κ3) is 7.27. The van der Waals surface area contributed by atoms with E-state index in [9.17, 15) is 0 Å². The molecule has 4 heteroatoms. The van der Waals surface area contributed by atoms with E-state index in [1.165, 1.54) is 35.2 Å². The number of quaternary nitrogens is 1. The predicted molar refractivity (Wildman–Crippen MR) is 154 cm³/mol. The summed E-state index contributed by atoms with van der Waals surface area (Å²) < 4.78 is 3.29. The molecule has 0 aliphatic rings. The van der Waals surface area contributed by atoms with Gasteiger partial charge in [-0.2, -0.15) is 0 Å². The molecule has 0 saturated carbocycles. The Hall–Kier alpha value is -2.95. The predicted octanol–water partition coefficient (Wildman–Crippen LogP) is 7.40. The van der Waals surface area contributed by atoms with Crippen LogP contribution in [0.4, 0.5) is 17.1 Å². The normalized spacial score (nSPS) is 11.1. The fraction of sp³-hybridized carbons (Fsp3) is 0.258. The minimum Gasteiger partial charge on any atom is -0.331 e. The number of halogens is 1. The molecule has 4 aromatic rings. The summed E-state index contributed by atoms with van der Waals surface area (Å²) in [6.45, 7) is 6.48. The molecule has 182 valence electrons. The van der Waals surface area contributed by atoms with Crippen molar-refractivity contribution in [3.8, 4) is 11.1 Å². The second kappa shape index (κ2) is 11.7. The molecule has 0 N–H and O–H groups in total. The molecule has 0 amide bonds. The Morgan fingerprint density at radius 3 is 1.43 bits per heavy atom. The number of benzene rings is 3. The van der Waals surface area contributed by atoms with Gasteiger partial charge in [-0.25, -0.2) is 4.57 Å². The monoisotopic (exact) mass is 531 g/mol. The van der Waals surface area contributed by atoms with E-state index in [2.05, 4.69) is 142 Å². The fourth-order valence-corrected chi connectivity index (χ4v) is 4.16. The maximum atomic E-state index is 2.31. The van der Waals surface area contributed by atoms with Gasteiger partial charge in [0.05, 0.1) is 34.1 Å². The van der Waals surface area contributed by atoms with Crippen molar-refractivity contribution in [2.24, 2.45) is 0 Å². The van der Waals surface area contributed by atoms with Crippen molar-refractivity contribution in [3.05, 3.63) is 108 Å². The van der Waals surface area contributed by atoms with Crippen LogP contribution in [0.3, 0.4) is 0 Å². The zero-order chi connectivity index (χ0) is 24.1. The minimum absolute atomic E-state index is 0. The summed E-state index contributed by atoms with van der Waals surface area (Å²) in [6.07, 6.45) is 5.57. The van der Waals surface area contributed by atoms with E-state index >= 15 is 0 Å². The van der Waals surface area contributed by atoms with Crippen LogP contribution in [0.15, 0.2) is 97.3 Å². The Kier molecular flexibility index (Phi) is 8.87. The van der Waals surface area contributed by atoms with Crippen LogP contribution < -0.4 is 9.47 Å². The summed E-state index contributed by atoms with van der Waals surface area (Å²) in [7, 11) is 6.74. The lowest BCUT2D eigenvalue weighted by molar-refractivity contribution is -0.873. The molecular formula is C31H38BrN3+2. The van der Waals surface area contributed by atoms with Gasteiger partial charge in [0.15, 0.2) is 18.9 Å². The molecule has 0 fully saturated rings. The van der Waals surface area contributed by atoms with E-state index in [1.54, 1.807) is 0 Å². The van der Waals surface area contributed by atoms with E-state index in [0.29, 0.717) is 0 Å². The van der Waals surface area contributed by atoms with Crippen molar-refractivity contribution in [3.63, 3.8) is 0 Å². The summed E-state index contributed by atoms with van der Waals surface area (Å²) in [5, 5.41) is 0. The Morgan fingerprint density at radius 1 is 0.600 bits per heavy atom. The van der Waals surface area contributed by atoms with Crippen molar-refractivity contribution in [1.29, 1.82) is 0 Å². The van der Waals surface area contributed by atoms with Gasteiger partial charge in [-0.05, 0) is 61.4 Å². The molecule has 0 spiro atoms. The zero-order valence-electron chi connectivity index (χ0n) is 21.6. The lowest BCUT2D eigenvalue weighted by atomic mass is 10.1. The van der Waals surface area contributed by atoms with Crippen LogP contribution in [0.1, 0.15) is 17.5 Å². The topological polar surface area (TPSA) is 7.12 Å². The molecule has 3 nitrogen and oxygen atoms in total. The van der Waals surface area contributed by atoms with Gasteiger partial charge in [0.25, 0.3) is 0 Å². The van der Waals surface area contributed by atoms with Crippen molar-refractivity contribution < 1.29 is 9.05 Å². The fourth-order valence-electron chi connectivity index (χ4n) is 4.16. The molecule has 4 rings (SSSR count). The Balaban J connectivity index is 0.00000342. The van der Waals surface area contributed by atoms with Crippen molar-refractivity contribution >= 4 is 34.0 Å². The van der Waals surface area contributed by atoms with Crippen LogP contribution in [0, 0.1) is 13.8 Å². The van der Waals surface area contributed by atoms with Crippen LogP contribution in [0.5, 0.6) is 0 Å². The Bertz CT molecular complexity index is 1150. The second-order valence-electron chi connectivity index (χ2n) is 10.2. The molecule has 3 aromatic carbocycles. The lowest BCUT2D eigenvalue weighted by Crippen LogP contribution is -2.39. The number of aryl methyl sites for hydroxylation is 3. The van der Waals surface area contributed by atoms with Gasteiger partial charge in [0.1, 0.15) is 0 Å². The summed E-state index contributed by atoms with van der Waals surface area (Å²) in [5.41, 5.74) is 8.49. The van der Waals surface area contributed by atoms with Gasteiger partial charge in [-0.3, -0.25) is 0 Å². The maximum absolute atomic E-state index is 2.31. The number of aromatic nitrogens is 1. The smallest absolute Gasteiger partial charge is 0.169 e. The first kappa shape index (κ1) is 26.7. The van der Waals surface area contributed by atoms with Crippen molar-refractivity contribution in [2.75, 3.05) is 32.6 Å². The number of anilines is 3. The molecule has 0 aliphatic heterocycles. The van der Waals surface area contributed by atoms with Crippen LogP contribution in [0.2, 0.25) is 0 Å². The summed E-state index contributed by atoms with van der Waals surface area (Å²) >= 11 is 0. The van der Waals surface area contributed by atoms with E-state index in [-0.39, 0.29) is 17.0 Å². The maximum Gasteiger partial charge on any atom is 0.169 e. The van der Waals surface area contributed by atoms with Crippen LogP contribution in [-0.4, -0.2) is 32.2 Å². The first-order valence-electron chi connectivity index (χ1n) is 12.1. The molecule has 1 heterocycles. The van der Waals surface area contributed by atoms with E-state index in [1.807, 2.05) is 0 Å². The minimum atomic E-state index is 0. The highest BCUT2D eigenvalue weighted by Gasteiger charge is 2.13. The summed E-state index contributed by atoms with van der Waals surface area (Å²) in [4.78, 5) is 2.31. The molecule has 0 bridgehead atoms. The van der Waals surface area contributed by atoms with Gasteiger partial charge in [0, 0.05) is 29.2 Å². The van der Waals surface area contributed by atoms with E-state index in [0.717, 1.165) is 28.1 Å². The number of rotatable bonds is 8. The van der Waals surface area contributed by atoms with Gasteiger partial charge in [-0.1, -0.05) is 47.5 Å². The largest absolute Gasteiger partial charge is 0.331 e. The number of nitrogens with zero attached hydrogens (tertiary/aromatic N) is 3. The summed E-state index contributed by atoms with van der Waals surface area (Å²) in [5.74, 6) is 0. The van der Waals surface area contributed by atoms with Crippen molar-refractivity contribution in [1.82, 2.24) is 0 Å². The zero-order valence-corrected chi connectivity index (χ0v) is 23.3. The molecular weight excluding hydrogens is 494 g/mol. The Morgan fingerprint density at radius 2 is 1.00 bits per heavy atom. The van der Waals surface area contributed by atoms with E-state index < -0.39 is 0 Å². The second-order valence-corrected chi connectivity index (χ2v) is 10.2. The molecule has 1 aromatic heterocycles. The third-order valence-corrected chi connectivity index (χ3v) is 6.18. The Labute approximate surface area is 221 Å². The molecule has 0 radical (unpaired) electrons. The lowest BCUT2D eigenvalue weighted by Gasteiger charge is -2.26. The van der Waals surface area contributed by atoms with Gasteiger partial charge in [-0.15, -0.1) is 17.0 Å². The highest BCUT2D eigenvalue weighted by atomic mass is 79.9. The van der Waals surface area contributed by atoms with Crippen molar-refractivity contribution in [2.45, 2.75) is 26.8 Å². The highest BCUT2D eigenvalue weighted by molar-refractivity contribution is 8.93. The van der Waals surface area contributed by atoms with Gasteiger partial charge < -0.3 is 9.38 Å². The van der Waals surface area contributed by atoms with Gasteiger partial charge in [0.2, 0.25) is 0 Å². The number of hydrogen-bond donors (Lipinski definition) is 0. The molecule has 35 heavy (non-hydrogen) atoms. The quantitative estimate of drug-likeness (QED) is 0.169. The number of pyridine rings is 1. The molecule has 0 aliphatic carbocycles. The van der Waals surface area contributed by atoms with Crippen LogP contribution in [-0.2, 0) is 6.54 Å². The van der Waals surface area contributed by atoms with Crippen LogP contribution in [0.25, 0.3) is 11.1 Å². The molecule has 0 atom stereocenters. The average molecular weight is 533 g/mol. The number of hydrogen-bond acceptors (Lipinski definition) is 1. The third-order valence-electron chi connectivity index (χ3n) is 6.18.